The van der Waals surface area contributed by atoms with Crippen LogP contribution < -0.4 is 11.5 Å². The fourth-order valence-corrected chi connectivity index (χ4v) is 2.69. The van der Waals surface area contributed by atoms with Crippen molar-refractivity contribution >= 4 is 11.8 Å². The number of rotatable bonds is 5. The molecule has 2 amide bonds. The Bertz CT molecular complexity index is 315. The van der Waals surface area contributed by atoms with E-state index >= 15 is 0 Å². The molecule has 18 heavy (non-hydrogen) atoms. The topological polar surface area (TPSA) is 89.4 Å². The van der Waals surface area contributed by atoms with Crippen molar-refractivity contribution in [1.82, 2.24) is 4.90 Å². The Morgan fingerprint density at radius 2 is 2.11 bits per heavy atom. The smallest absolute Gasteiger partial charge is 0.242 e. The minimum Gasteiger partial charge on any atom is -0.370 e. The first-order valence-electron chi connectivity index (χ1n) is 6.73. The molecule has 0 radical (unpaired) electrons. The van der Waals surface area contributed by atoms with Crippen LogP contribution in [0.3, 0.4) is 0 Å². The average molecular weight is 255 g/mol. The fourth-order valence-electron chi connectivity index (χ4n) is 2.69. The van der Waals surface area contributed by atoms with E-state index in [0.717, 1.165) is 25.8 Å². The van der Waals surface area contributed by atoms with E-state index in [1.807, 2.05) is 6.92 Å². The van der Waals surface area contributed by atoms with Crippen LogP contribution in [0.2, 0.25) is 0 Å². The monoisotopic (exact) mass is 255 g/mol. The number of nitrogens with zero attached hydrogens (tertiary/aromatic N) is 1. The van der Waals surface area contributed by atoms with Crippen molar-refractivity contribution in [1.29, 1.82) is 0 Å². The zero-order chi connectivity index (χ0) is 13.8. The number of carbonyl (C=O) groups is 2. The van der Waals surface area contributed by atoms with Crippen LogP contribution >= 0.6 is 0 Å². The molecule has 0 bridgehead atoms. The predicted octanol–water partition coefficient (Wildman–Crippen LogP) is 0.618. The summed E-state index contributed by atoms with van der Waals surface area (Å²) in [5, 5.41) is 0. The molecular weight excluding hydrogens is 230 g/mol. The first-order chi connectivity index (χ1) is 8.36. The molecule has 0 aromatic rings. The van der Waals surface area contributed by atoms with Gasteiger partial charge in [0.2, 0.25) is 11.8 Å². The van der Waals surface area contributed by atoms with Gasteiger partial charge in [-0.3, -0.25) is 9.59 Å². The summed E-state index contributed by atoms with van der Waals surface area (Å²) in [6, 6.07) is 0. The Balaban J connectivity index is 2.60. The highest BCUT2D eigenvalue weighted by Gasteiger charge is 2.34. The summed E-state index contributed by atoms with van der Waals surface area (Å²) in [5.41, 5.74) is 10.5. The first-order valence-corrected chi connectivity index (χ1v) is 6.73. The summed E-state index contributed by atoms with van der Waals surface area (Å²) in [6.07, 6.45) is 3.81. The minimum atomic E-state index is -0.788. The number of likely N-dealkylation sites (tertiary alicyclic amines) is 1. The lowest BCUT2D eigenvalue weighted by molar-refractivity contribution is -0.139. The Morgan fingerprint density at radius 3 is 2.67 bits per heavy atom. The largest absolute Gasteiger partial charge is 0.370 e. The minimum absolute atomic E-state index is 0.00137. The molecule has 0 saturated carbocycles. The van der Waals surface area contributed by atoms with Crippen LogP contribution in [-0.2, 0) is 9.59 Å². The number of hydrogen-bond donors (Lipinski definition) is 2. The van der Waals surface area contributed by atoms with Crippen molar-refractivity contribution in [2.24, 2.45) is 17.4 Å². The molecule has 5 nitrogen and oxygen atoms in total. The number of piperidine rings is 1. The maximum absolute atomic E-state index is 12.3. The van der Waals surface area contributed by atoms with Gasteiger partial charge in [-0.25, -0.2) is 0 Å². The van der Waals surface area contributed by atoms with Crippen molar-refractivity contribution in [3.8, 4) is 0 Å². The van der Waals surface area contributed by atoms with Crippen molar-refractivity contribution < 1.29 is 9.59 Å². The zero-order valence-corrected chi connectivity index (χ0v) is 11.4. The molecule has 0 aromatic heterocycles. The second-order valence-corrected chi connectivity index (χ2v) is 5.60. The summed E-state index contributed by atoms with van der Waals surface area (Å²) < 4.78 is 0. The van der Waals surface area contributed by atoms with Crippen molar-refractivity contribution in [3.05, 3.63) is 0 Å². The molecule has 1 heterocycles. The summed E-state index contributed by atoms with van der Waals surface area (Å²) in [6.45, 7) is 5.16. The van der Waals surface area contributed by atoms with E-state index in [1.54, 1.807) is 11.8 Å². The van der Waals surface area contributed by atoms with E-state index in [4.69, 9.17) is 11.5 Å². The van der Waals surface area contributed by atoms with Gasteiger partial charge in [0.05, 0.1) is 5.54 Å². The maximum atomic E-state index is 12.3. The molecule has 1 aliphatic rings. The highest BCUT2D eigenvalue weighted by Crippen LogP contribution is 2.22. The van der Waals surface area contributed by atoms with Gasteiger partial charge in [0.15, 0.2) is 0 Å². The Morgan fingerprint density at radius 1 is 1.44 bits per heavy atom. The van der Waals surface area contributed by atoms with Crippen molar-refractivity contribution in [3.63, 3.8) is 0 Å². The molecular formula is C13H25N3O2. The second kappa shape index (κ2) is 6.18. The lowest BCUT2D eigenvalue weighted by atomic mass is 9.90. The van der Waals surface area contributed by atoms with Crippen molar-refractivity contribution in [2.45, 2.75) is 51.5 Å². The number of amides is 2. The van der Waals surface area contributed by atoms with Crippen LogP contribution in [0.15, 0.2) is 0 Å². The van der Waals surface area contributed by atoms with Crippen LogP contribution in [0.1, 0.15) is 46.0 Å². The Labute approximate surface area is 109 Å². The van der Waals surface area contributed by atoms with E-state index in [2.05, 4.69) is 0 Å². The number of primary amides is 1. The molecule has 2 unspecified atom stereocenters. The third-order valence-corrected chi connectivity index (χ3v) is 3.55. The average Bonchev–Trinajstić information content (AvgIpc) is 2.27. The van der Waals surface area contributed by atoms with E-state index in [9.17, 15) is 9.59 Å². The Kier molecular flexibility index (Phi) is 5.14. The SMILES string of the molecule is CCCC(C)(N)C(=O)N1CCCC(CC(N)=O)C1. The lowest BCUT2D eigenvalue weighted by Gasteiger charge is -2.37. The third-order valence-electron chi connectivity index (χ3n) is 3.55. The molecule has 1 saturated heterocycles. The summed E-state index contributed by atoms with van der Waals surface area (Å²) in [5.74, 6) is -0.102. The van der Waals surface area contributed by atoms with Gasteiger partial charge >= 0.3 is 0 Å². The van der Waals surface area contributed by atoms with Gasteiger partial charge in [0.1, 0.15) is 0 Å². The van der Waals surface area contributed by atoms with Crippen LogP contribution in [0.25, 0.3) is 0 Å². The van der Waals surface area contributed by atoms with E-state index in [0.29, 0.717) is 19.4 Å². The molecule has 0 aromatic carbocycles. The Hall–Kier alpha value is -1.10. The highest BCUT2D eigenvalue weighted by molar-refractivity contribution is 5.85. The van der Waals surface area contributed by atoms with E-state index in [1.165, 1.54) is 0 Å². The molecule has 5 heteroatoms. The van der Waals surface area contributed by atoms with Gasteiger partial charge in [0, 0.05) is 19.5 Å². The van der Waals surface area contributed by atoms with Crippen LogP contribution in [0.5, 0.6) is 0 Å². The maximum Gasteiger partial charge on any atom is 0.242 e. The van der Waals surface area contributed by atoms with Crippen molar-refractivity contribution in [2.75, 3.05) is 13.1 Å². The molecule has 4 N–H and O–H groups in total. The van der Waals surface area contributed by atoms with Gasteiger partial charge < -0.3 is 16.4 Å². The lowest BCUT2D eigenvalue weighted by Crippen LogP contribution is -2.55. The molecule has 2 atom stereocenters. The number of nitrogens with two attached hydrogens (primary N) is 2. The molecule has 1 rings (SSSR count). The van der Waals surface area contributed by atoms with E-state index < -0.39 is 5.54 Å². The predicted molar refractivity (Wildman–Crippen MR) is 70.6 cm³/mol. The van der Waals surface area contributed by atoms with Crippen LogP contribution in [0.4, 0.5) is 0 Å². The number of carbonyl (C=O) groups excluding carboxylic acids is 2. The summed E-state index contributed by atoms with van der Waals surface area (Å²) >= 11 is 0. The van der Waals surface area contributed by atoms with Gasteiger partial charge in [-0.2, -0.15) is 0 Å². The standard InChI is InChI=1S/C13H25N3O2/c1-3-6-13(2,15)12(18)16-7-4-5-10(9-16)8-11(14)17/h10H,3-9,15H2,1-2H3,(H2,14,17). The molecule has 1 aliphatic heterocycles. The van der Waals surface area contributed by atoms with Gasteiger partial charge in [-0.1, -0.05) is 13.3 Å². The van der Waals surface area contributed by atoms with Gasteiger partial charge in [0.25, 0.3) is 0 Å². The third kappa shape index (κ3) is 3.98. The normalized spacial score (nSPS) is 23.5. The highest BCUT2D eigenvalue weighted by atomic mass is 16.2. The van der Waals surface area contributed by atoms with Crippen LogP contribution in [0, 0.1) is 5.92 Å². The molecule has 0 spiro atoms. The quantitative estimate of drug-likeness (QED) is 0.754. The van der Waals surface area contributed by atoms with Gasteiger partial charge in [-0.15, -0.1) is 0 Å². The van der Waals surface area contributed by atoms with E-state index in [-0.39, 0.29) is 17.7 Å². The zero-order valence-electron chi connectivity index (χ0n) is 11.4. The summed E-state index contributed by atoms with van der Waals surface area (Å²) in [4.78, 5) is 25.1. The molecule has 104 valence electrons. The number of hydrogen-bond acceptors (Lipinski definition) is 3. The summed E-state index contributed by atoms with van der Waals surface area (Å²) in [7, 11) is 0. The fraction of sp³-hybridized carbons (Fsp3) is 0.846. The van der Waals surface area contributed by atoms with Gasteiger partial charge in [-0.05, 0) is 32.1 Å². The van der Waals surface area contributed by atoms with Crippen LogP contribution in [-0.4, -0.2) is 35.3 Å². The molecule has 0 aliphatic carbocycles. The molecule has 1 fully saturated rings. The first kappa shape index (κ1) is 15.0. The second-order valence-electron chi connectivity index (χ2n) is 5.60.